The smallest absolute Gasteiger partial charge is 0.335 e. The van der Waals surface area contributed by atoms with Crippen LogP contribution >= 0.6 is 0 Å². The Labute approximate surface area is 181 Å². The van der Waals surface area contributed by atoms with E-state index in [1.807, 2.05) is 43.3 Å². The molecule has 1 aliphatic rings. The average molecular weight is 416 g/mol. The molecule has 0 spiro atoms. The number of aryl methyl sites for hydroxylation is 1. The number of hydrogen-bond acceptors (Lipinski definition) is 5. The fourth-order valence-electron chi connectivity index (χ4n) is 3.78. The van der Waals surface area contributed by atoms with Crippen molar-refractivity contribution in [2.75, 3.05) is 41.3 Å². The SMILES string of the molecule is Cc1ccccc1C(=O)Nc1cc(C(=O)O)ccc1N1CCN(c2ccccn2)CC1. The minimum absolute atomic E-state index is 0.135. The maximum atomic E-state index is 12.9. The molecule has 0 saturated carbocycles. The van der Waals surface area contributed by atoms with E-state index in [-0.39, 0.29) is 11.5 Å². The van der Waals surface area contributed by atoms with Crippen LogP contribution in [0.4, 0.5) is 17.2 Å². The lowest BCUT2D eigenvalue weighted by molar-refractivity contribution is 0.0696. The van der Waals surface area contributed by atoms with Crippen molar-refractivity contribution in [3.8, 4) is 0 Å². The predicted octanol–water partition coefficient (Wildman–Crippen LogP) is 3.67. The molecule has 2 aromatic carbocycles. The van der Waals surface area contributed by atoms with Crippen LogP contribution in [0.2, 0.25) is 0 Å². The fraction of sp³-hybridized carbons (Fsp3) is 0.208. The number of carboxylic acid groups (broad SMARTS) is 1. The highest BCUT2D eigenvalue weighted by Gasteiger charge is 2.22. The number of carboxylic acids is 1. The second-order valence-electron chi connectivity index (χ2n) is 7.47. The van der Waals surface area contributed by atoms with Gasteiger partial charge < -0.3 is 20.2 Å². The molecular weight excluding hydrogens is 392 g/mol. The molecule has 1 fully saturated rings. The van der Waals surface area contributed by atoms with Crippen molar-refractivity contribution in [3.63, 3.8) is 0 Å². The second-order valence-corrected chi connectivity index (χ2v) is 7.47. The molecule has 1 aliphatic heterocycles. The van der Waals surface area contributed by atoms with E-state index in [1.54, 1.807) is 24.4 Å². The Balaban J connectivity index is 1.57. The zero-order valence-electron chi connectivity index (χ0n) is 17.3. The minimum atomic E-state index is -1.03. The fourth-order valence-corrected chi connectivity index (χ4v) is 3.78. The van der Waals surface area contributed by atoms with Crippen molar-refractivity contribution in [2.24, 2.45) is 0 Å². The van der Waals surface area contributed by atoms with Gasteiger partial charge in [-0.3, -0.25) is 4.79 Å². The number of carbonyl (C=O) groups excluding carboxylic acids is 1. The van der Waals surface area contributed by atoms with Gasteiger partial charge in [0.25, 0.3) is 5.91 Å². The van der Waals surface area contributed by atoms with Gasteiger partial charge in [0.05, 0.1) is 16.9 Å². The molecule has 3 aromatic rings. The second kappa shape index (κ2) is 8.87. The summed E-state index contributed by atoms with van der Waals surface area (Å²) in [7, 11) is 0. The van der Waals surface area contributed by atoms with Gasteiger partial charge in [-0.2, -0.15) is 0 Å². The van der Waals surface area contributed by atoms with Crippen molar-refractivity contribution >= 4 is 29.1 Å². The topological polar surface area (TPSA) is 85.8 Å². The largest absolute Gasteiger partial charge is 0.478 e. The molecule has 0 aliphatic carbocycles. The lowest BCUT2D eigenvalue weighted by atomic mass is 10.1. The van der Waals surface area contributed by atoms with Crippen molar-refractivity contribution in [2.45, 2.75) is 6.92 Å². The molecule has 7 nitrogen and oxygen atoms in total. The number of nitrogens with zero attached hydrogens (tertiary/aromatic N) is 3. The van der Waals surface area contributed by atoms with Gasteiger partial charge in [-0.15, -0.1) is 0 Å². The molecule has 31 heavy (non-hydrogen) atoms. The number of amides is 1. The monoisotopic (exact) mass is 416 g/mol. The normalized spacial score (nSPS) is 13.7. The quantitative estimate of drug-likeness (QED) is 0.660. The Morgan fingerprint density at radius 1 is 0.935 bits per heavy atom. The van der Waals surface area contributed by atoms with E-state index < -0.39 is 5.97 Å². The first-order chi connectivity index (χ1) is 15.0. The molecule has 7 heteroatoms. The van der Waals surface area contributed by atoms with Crippen LogP contribution in [0.3, 0.4) is 0 Å². The van der Waals surface area contributed by atoms with E-state index in [0.717, 1.165) is 43.2 Å². The molecule has 0 bridgehead atoms. The van der Waals surface area contributed by atoms with Crippen molar-refractivity contribution in [1.29, 1.82) is 0 Å². The lowest BCUT2D eigenvalue weighted by Crippen LogP contribution is -2.47. The number of rotatable bonds is 5. The number of pyridine rings is 1. The molecule has 2 heterocycles. The van der Waals surface area contributed by atoms with Gasteiger partial charge in [0, 0.05) is 37.9 Å². The number of aromatic carboxylic acids is 1. The van der Waals surface area contributed by atoms with Gasteiger partial charge in [-0.1, -0.05) is 24.3 Å². The first kappa shape index (κ1) is 20.4. The summed E-state index contributed by atoms with van der Waals surface area (Å²) in [5.41, 5.74) is 2.87. The van der Waals surface area contributed by atoms with Crippen molar-refractivity contribution in [1.82, 2.24) is 4.98 Å². The molecule has 0 radical (unpaired) electrons. The molecule has 1 amide bonds. The summed E-state index contributed by atoms with van der Waals surface area (Å²) in [6, 6.07) is 18.1. The highest BCUT2D eigenvalue weighted by atomic mass is 16.4. The molecule has 2 N–H and O–H groups in total. The van der Waals surface area contributed by atoms with Crippen LogP contribution in [0.25, 0.3) is 0 Å². The Morgan fingerprint density at radius 2 is 1.65 bits per heavy atom. The summed E-state index contributed by atoms with van der Waals surface area (Å²) in [6.45, 7) is 4.90. The number of aromatic nitrogens is 1. The van der Waals surface area contributed by atoms with Crippen LogP contribution in [0.15, 0.2) is 66.9 Å². The highest BCUT2D eigenvalue weighted by Crippen LogP contribution is 2.30. The van der Waals surface area contributed by atoms with E-state index in [2.05, 4.69) is 20.1 Å². The first-order valence-electron chi connectivity index (χ1n) is 10.2. The summed E-state index contributed by atoms with van der Waals surface area (Å²) < 4.78 is 0. The number of carbonyl (C=O) groups is 2. The predicted molar refractivity (Wildman–Crippen MR) is 121 cm³/mol. The van der Waals surface area contributed by atoms with Gasteiger partial charge >= 0.3 is 5.97 Å². The van der Waals surface area contributed by atoms with Gasteiger partial charge in [0.1, 0.15) is 5.82 Å². The zero-order valence-corrected chi connectivity index (χ0v) is 17.3. The van der Waals surface area contributed by atoms with Crippen LogP contribution in [-0.4, -0.2) is 48.1 Å². The van der Waals surface area contributed by atoms with Gasteiger partial charge in [0.15, 0.2) is 0 Å². The van der Waals surface area contributed by atoms with Gasteiger partial charge in [-0.25, -0.2) is 9.78 Å². The van der Waals surface area contributed by atoms with Crippen LogP contribution in [0.1, 0.15) is 26.3 Å². The summed E-state index contributed by atoms with van der Waals surface area (Å²) in [4.78, 5) is 33.2. The number of piperazine rings is 1. The van der Waals surface area contributed by atoms with Crippen LogP contribution in [0.5, 0.6) is 0 Å². The minimum Gasteiger partial charge on any atom is -0.478 e. The number of benzene rings is 2. The number of hydrogen-bond donors (Lipinski definition) is 2. The Kier molecular flexibility index (Phi) is 5.84. The van der Waals surface area contributed by atoms with E-state index in [0.29, 0.717) is 11.3 Å². The summed E-state index contributed by atoms with van der Waals surface area (Å²) in [5.74, 6) is -0.344. The lowest BCUT2D eigenvalue weighted by Gasteiger charge is -2.37. The molecule has 4 rings (SSSR count). The zero-order chi connectivity index (χ0) is 21.8. The van der Waals surface area contributed by atoms with Crippen molar-refractivity contribution in [3.05, 3.63) is 83.6 Å². The summed E-state index contributed by atoms with van der Waals surface area (Å²) in [6.07, 6.45) is 1.78. The molecule has 1 saturated heterocycles. The van der Waals surface area contributed by atoms with Crippen molar-refractivity contribution < 1.29 is 14.7 Å². The van der Waals surface area contributed by atoms with Crippen LogP contribution < -0.4 is 15.1 Å². The molecule has 1 aromatic heterocycles. The highest BCUT2D eigenvalue weighted by molar-refractivity contribution is 6.07. The Hall–Kier alpha value is -3.87. The molecule has 0 atom stereocenters. The Morgan fingerprint density at radius 3 is 2.32 bits per heavy atom. The van der Waals surface area contributed by atoms with Gasteiger partial charge in [-0.05, 0) is 48.9 Å². The first-order valence-corrected chi connectivity index (χ1v) is 10.2. The summed E-state index contributed by atoms with van der Waals surface area (Å²) >= 11 is 0. The summed E-state index contributed by atoms with van der Waals surface area (Å²) in [5, 5.41) is 12.4. The third kappa shape index (κ3) is 4.50. The van der Waals surface area contributed by atoms with Crippen LogP contribution in [0, 0.1) is 6.92 Å². The Bertz CT molecular complexity index is 1090. The standard InChI is InChI=1S/C24H24N4O3/c1-17-6-2-3-7-19(17)23(29)26-20-16-18(24(30)31)9-10-21(20)27-12-14-28(15-13-27)22-8-4-5-11-25-22/h2-11,16H,12-15H2,1H3,(H,26,29)(H,30,31). The maximum absolute atomic E-state index is 12.9. The third-order valence-corrected chi connectivity index (χ3v) is 5.48. The molecule has 0 unspecified atom stereocenters. The van der Waals surface area contributed by atoms with E-state index in [1.165, 1.54) is 6.07 Å². The number of anilines is 3. The number of nitrogens with one attached hydrogen (secondary N) is 1. The van der Waals surface area contributed by atoms with E-state index in [4.69, 9.17) is 0 Å². The third-order valence-electron chi connectivity index (χ3n) is 5.48. The molecule has 158 valence electrons. The van der Waals surface area contributed by atoms with E-state index >= 15 is 0 Å². The van der Waals surface area contributed by atoms with Gasteiger partial charge in [0.2, 0.25) is 0 Å². The maximum Gasteiger partial charge on any atom is 0.335 e. The van der Waals surface area contributed by atoms with E-state index in [9.17, 15) is 14.7 Å². The molecular formula is C24H24N4O3. The average Bonchev–Trinajstić information content (AvgIpc) is 2.80. The van der Waals surface area contributed by atoms with Crippen LogP contribution in [-0.2, 0) is 0 Å².